The molecule has 234 valence electrons. The second-order valence-electron chi connectivity index (χ2n) is 10.9. The predicted molar refractivity (Wildman–Crippen MR) is 161 cm³/mol. The number of nitrogens with one attached hydrogen (secondary N) is 2. The number of methoxy groups -OCH3 is 1. The van der Waals surface area contributed by atoms with Gasteiger partial charge in [-0.1, -0.05) is 6.07 Å². The van der Waals surface area contributed by atoms with Crippen LogP contribution in [0, 0.1) is 11.6 Å². The topological polar surface area (TPSA) is 153 Å². The van der Waals surface area contributed by atoms with Gasteiger partial charge in [0.05, 0.1) is 31.0 Å². The van der Waals surface area contributed by atoms with Crippen molar-refractivity contribution in [1.29, 1.82) is 0 Å². The van der Waals surface area contributed by atoms with E-state index < -0.39 is 40.8 Å². The van der Waals surface area contributed by atoms with Crippen molar-refractivity contribution in [3.05, 3.63) is 105 Å². The second kappa shape index (κ2) is 12.8. The molecule has 0 radical (unpaired) electrons. The highest BCUT2D eigenvalue weighted by atomic mass is 19.1. The van der Waals surface area contributed by atoms with Gasteiger partial charge in [-0.25, -0.2) is 23.1 Å². The predicted octanol–water partition coefficient (Wildman–Crippen LogP) is 3.60. The van der Waals surface area contributed by atoms with Crippen LogP contribution in [0.15, 0.2) is 70.5 Å². The summed E-state index contributed by atoms with van der Waals surface area (Å²) >= 11 is 0. The number of fused-ring (bicyclic) bond motifs is 1. The Kier molecular flexibility index (Phi) is 8.88. The van der Waals surface area contributed by atoms with Crippen LogP contribution in [0.2, 0.25) is 0 Å². The number of halogens is 2. The molecule has 5 aromatic rings. The molecule has 0 atom stereocenters. The maximum atomic E-state index is 15.3. The summed E-state index contributed by atoms with van der Waals surface area (Å²) in [5, 5.41) is 20.3. The number of Topliss-reactive ketones (excluding diaryl/α,β-unsaturated/α-hetero) is 1. The number of hydrogen-bond donors (Lipinski definition) is 3. The lowest BCUT2D eigenvalue weighted by Gasteiger charge is -2.25. The van der Waals surface area contributed by atoms with Crippen molar-refractivity contribution < 1.29 is 28.2 Å². The third-order valence-electron chi connectivity index (χ3n) is 6.85. The van der Waals surface area contributed by atoms with E-state index in [0.717, 1.165) is 33.5 Å². The fourth-order valence-electron chi connectivity index (χ4n) is 4.83. The van der Waals surface area contributed by atoms with E-state index in [9.17, 15) is 23.9 Å². The number of aliphatic hydroxyl groups is 1. The number of pyridine rings is 1. The second-order valence-corrected chi connectivity index (χ2v) is 10.9. The fraction of sp³-hybridized carbons (Fsp3) is 0.258. The highest BCUT2D eigenvalue weighted by Gasteiger charge is 2.23. The van der Waals surface area contributed by atoms with Crippen LogP contribution in [0.25, 0.3) is 16.7 Å². The average molecular weight is 621 g/mol. The molecule has 45 heavy (non-hydrogen) atoms. The van der Waals surface area contributed by atoms with Crippen LogP contribution < -0.4 is 21.3 Å². The smallest absolute Gasteiger partial charge is 0.335 e. The first-order valence-electron chi connectivity index (χ1n) is 13.8. The van der Waals surface area contributed by atoms with Gasteiger partial charge in [0.25, 0.3) is 5.56 Å². The maximum Gasteiger partial charge on any atom is 0.335 e. The van der Waals surface area contributed by atoms with Crippen molar-refractivity contribution in [3.63, 3.8) is 0 Å². The van der Waals surface area contributed by atoms with Crippen molar-refractivity contribution in [2.45, 2.75) is 32.4 Å². The van der Waals surface area contributed by atoms with E-state index in [1.807, 2.05) is 13.8 Å². The summed E-state index contributed by atoms with van der Waals surface area (Å²) in [7, 11) is 1.59. The number of aromatic nitrogens is 5. The number of ketones is 1. The summed E-state index contributed by atoms with van der Waals surface area (Å²) in [5.41, 5.74) is -1.88. The summed E-state index contributed by atoms with van der Waals surface area (Å²) in [5.74, 6) is -1.45. The number of rotatable bonds is 12. The summed E-state index contributed by atoms with van der Waals surface area (Å²) < 4.78 is 41.7. The highest BCUT2D eigenvalue weighted by molar-refractivity contribution is 5.97. The minimum Gasteiger partial charge on any atom is -0.453 e. The zero-order chi connectivity index (χ0) is 32.3. The van der Waals surface area contributed by atoms with E-state index >= 15 is 4.39 Å². The van der Waals surface area contributed by atoms with E-state index in [2.05, 4.69) is 20.5 Å². The lowest BCUT2D eigenvalue weighted by Crippen LogP contribution is -2.42. The molecule has 14 heteroatoms. The fourth-order valence-corrected chi connectivity index (χ4v) is 4.83. The average Bonchev–Trinajstić information content (AvgIpc) is 3.39. The van der Waals surface area contributed by atoms with E-state index in [1.54, 1.807) is 13.2 Å². The number of benzene rings is 2. The summed E-state index contributed by atoms with van der Waals surface area (Å²) in [6.07, 6.45) is 2.17. The number of aliphatic hydroxyl groups excluding tert-OH is 1. The molecule has 0 aliphatic carbocycles. The van der Waals surface area contributed by atoms with Crippen molar-refractivity contribution in [2.24, 2.45) is 0 Å². The highest BCUT2D eigenvalue weighted by Crippen LogP contribution is 2.35. The first-order chi connectivity index (χ1) is 21.5. The quantitative estimate of drug-likeness (QED) is 0.178. The van der Waals surface area contributed by atoms with E-state index in [1.165, 1.54) is 30.5 Å². The molecule has 3 aromatic heterocycles. The zero-order valence-corrected chi connectivity index (χ0v) is 24.6. The first-order valence-corrected chi connectivity index (χ1v) is 13.8. The summed E-state index contributed by atoms with van der Waals surface area (Å²) in [4.78, 5) is 43.8. The molecule has 0 saturated heterocycles. The SMILES string of the molecule is COCC(C)(C)Nc1n[nH]c2nccc(Oc3ccc(CC(=O)c4cn(CCO)c(=O)n(-c5ccc(F)cc5)c4=O)cc3F)c12. The molecule has 0 fully saturated rings. The third-order valence-corrected chi connectivity index (χ3v) is 6.85. The van der Waals surface area contributed by atoms with Gasteiger partial charge in [0.2, 0.25) is 0 Å². The zero-order valence-electron chi connectivity index (χ0n) is 24.6. The summed E-state index contributed by atoms with van der Waals surface area (Å²) in [6.45, 7) is 3.60. The molecule has 5 rings (SSSR count). The van der Waals surface area contributed by atoms with Gasteiger partial charge in [-0.05, 0) is 55.8 Å². The van der Waals surface area contributed by atoms with Crippen molar-refractivity contribution >= 4 is 22.6 Å². The molecule has 0 bridgehead atoms. The molecule has 0 spiro atoms. The number of aromatic amines is 1. The standard InChI is InChI=1S/C31H30F2N6O6/c1-31(2,17-44-3)35-28-26-25(10-11-34-27(26)36-37-28)45-24-9-4-18(14-22(24)33)15-23(41)21-16-38(12-13-40)30(43)39(29(21)42)20-7-5-19(32)6-8-20/h4-11,14,16,40H,12-13,15,17H2,1-3H3,(H2,34,35,36,37). The minimum absolute atomic E-state index is 0.0451. The van der Waals surface area contributed by atoms with Gasteiger partial charge >= 0.3 is 5.69 Å². The maximum absolute atomic E-state index is 15.3. The van der Waals surface area contributed by atoms with Gasteiger partial charge < -0.3 is 19.9 Å². The molecule has 0 unspecified atom stereocenters. The number of ether oxygens (including phenoxy) is 2. The van der Waals surface area contributed by atoms with Gasteiger partial charge in [-0.3, -0.25) is 19.3 Å². The molecule has 12 nitrogen and oxygen atoms in total. The Morgan fingerprint density at radius 3 is 2.53 bits per heavy atom. The lowest BCUT2D eigenvalue weighted by molar-refractivity contribution is 0.0989. The Morgan fingerprint density at radius 1 is 1.09 bits per heavy atom. The van der Waals surface area contributed by atoms with Crippen molar-refractivity contribution in [3.8, 4) is 17.2 Å². The van der Waals surface area contributed by atoms with E-state index in [-0.39, 0.29) is 41.3 Å². The number of H-pyrrole nitrogens is 1. The van der Waals surface area contributed by atoms with Crippen LogP contribution in [-0.2, 0) is 17.7 Å². The monoisotopic (exact) mass is 620 g/mol. The third kappa shape index (κ3) is 6.66. The Hall–Kier alpha value is -5.21. The van der Waals surface area contributed by atoms with Crippen LogP contribution in [0.1, 0.15) is 29.8 Å². The number of carbonyl (C=O) groups is 1. The Labute approximate surface area is 254 Å². The van der Waals surface area contributed by atoms with Gasteiger partial charge in [0, 0.05) is 32.0 Å². The van der Waals surface area contributed by atoms with Gasteiger partial charge in [0.15, 0.2) is 28.8 Å². The molecular formula is C31H30F2N6O6. The van der Waals surface area contributed by atoms with Crippen LogP contribution in [0.3, 0.4) is 0 Å². The van der Waals surface area contributed by atoms with Crippen LogP contribution >= 0.6 is 0 Å². The Bertz CT molecular complexity index is 1980. The molecule has 0 aliphatic rings. The van der Waals surface area contributed by atoms with Crippen molar-refractivity contribution in [2.75, 3.05) is 25.6 Å². The molecule has 3 N–H and O–H groups in total. The molecule has 0 aliphatic heterocycles. The normalized spacial score (nSPS) is 11.6. The number of nitrogens with zero attached hydrogens (tertiary/aromatic N) is 4. The Balaban J connectivity index is 1.42. The van der Waals surface area contributed by atoms with E-state index in [4.69, 9.17) is 9.47 Å². The number of carbonyl (C=O) groups excluding carboxylic acids is 1. The van der Waals surface area contributed by atoms with Gasteiger partial charge in [-0.15, -0.1) is 0 Å². The van der Waals surface area contributed by atoms with Crippen LogP contribution in [0.5, 0.6) is 11.5 Å². The van der Waals surface area contributed by atoms with Gasteiger partial charge in [-0.2, -0.15) is 5.10 Å². The van der Waals surface area contributed by atoms with Crippen LogP contribution in [-0.4, -0.2) is 61.1 Å². The van der Waals surface area contributed by atoms with Crippen molar-refractivity contribution in [1.82, 2.24) is 24.3 Å². The molecule has 3 heterocycles. The summed E-state index contributed by atoms with van der Waals surface area (Å²) in [6, 6.07) is 10.1. The number of hydrogen-bond acceptors (Lipinski definition) is 9. The van der Waals surface area contributed by atoms with E-state index in [0.29, 0.717) is 23.5 Å². The number of anilines is 1. The van der Waals surface area contributed by atoms with Crippen LogP contribution in [0.4, 0.5) is 14.6 Å². The minimum atomic E-state index is -0.925. The Morgan fingerprint density at radius 2 is 1.84 bits per heavy atom. The largest absolute Gasteiger partial charge is 0.453 e. The first kappa shape index (κ1) is 31.2. The molecule has 0 amide bonds. The molecular weight excluding hydrogens is 590 g/mol. The van der Waals surface area contributed by atoms with Gasteiger partial charge in [0.1, 0.15) is 22.5 Å². The molecule has 0 saturated carbocycles. The lowest BCUT2D eigenvalue weighted by atomic mass is 10.0. The molecule has 2 aromatic carbocycles.